The van der Waals surface area contributed by atoms with Gasteiger partial charge in [-0.15, -0.1) is 11.3 Å². The number of fused-ring (bicyclic) bond motifs is 1. The molecule has 3 aromatic rings. The highest BCUT2D eigenvalue weighted by molar-refractivity contribution is 9.08. The van der Waals surface area contributed by atoms with Gasteiger partial charge in [0.15, 0.2) is 0 Å². The van der Waals surface area contributed by atoms with Crippen LogP contribution in [0.3, 0.4) is 0 Å². The molecule has 1 N–H and O–H groups in total. The first kappa shape index (κ1) is 14.2. The number of hydrogen-bond acceptors (Lipinski definition) is 3. The number of carbonyl (C=O) groups excluding carboxylic acids is 1. The van der Waals surface area contributed by atoms with Crippen molar-refractivity contribution in [3.05, 3.63) is 58.6 Å². The normalized spacial score (nSPS) is 10.8. The molecular weight excluding hydrogens is 348 g/mol. The topological polar surface area (TPSA) is 42.0 Å². The van der Waals surface area contributed by atoms with Crippen LogP contribution in [0, 0.1) is 6.92 Å². The number of nitrogens with one attached hydrogen (secondary N) is 1. The minimum Gasteiger partial charge on any atom is -0.322 e. The monoisotopic (exact) mass is 360 g/mol. The molecule has 1 amide bonds. The molecule has 106 valence electrons. The van der Waals surface area contributed by atoms with E-state index in [4.69, 9.17) is 0 Å². The third-order valence-corrected chi connectivity index (χ3v) is 4.70. The summed E-state index contributed by atoms with van der Waals surface area (Å²) in [6.07, 6.45) is 0. The molecule has 0 fully saturated rings. The van der Waals surface area contributed by atoms with Crippen LogP contribution in [0.25, 0.3) is 10.2 Å². The van der Waals surface area contributed by atoms with E-state index in [1.165, 1.54) is 0 Å². The van der Waals surface area contributed by atoms with Crippen molar-refractivity contribution in [2.75, 3.05) is 5.32 Å². The zero-order valence-corrected chi connectivity index (χ0v) is 13.8. The molecule has 3 rings (SSSR count). The van der Waals surface area contributed by atoms with Crippen LogP contribution in [0.2, 0.25) is 0 Å². The Balaban J connectivity index is 1.81. The van der Waals surface area contributed by atoms with Crippen LogP contribution in [0.15, 0.2) is 42.5 Å². The summed E-state index contributed by atoms with van der Waals surface area (Å²) in [5, 5.41) is 4.74. The van der Waals surface area contributed by atoms with E-state index in [2.05, 4.69) is 26.2 Å². The number of anilines is 1. The van der Waals surface area contributed by atoms with Crippen LogP contribution in [-0.2, 0) is 5.33 Å². The second-order valence-electron chi connectivity index (χ2n) is 4.70. The Hall–Kier alpha value is -1.72. The van der Waals surface area contributed by atoms with E-state index in [0.717, 1.165) is 31.8 Å². The van der Waals surface area contributed by atoms with Crippen LogP contribution < -0.4 is 5.32 Å². The Kier molecular flexibility index (Phi) is 4.03. The highest BCUT2D eigenvalue weighted by atomic mass is 79.9. The Bertz CT molecular complexity index is 796. The minimum absolute atomic E-state index is 0.100. The molecule has 1 heterocycles. The molecule has 0 bridgehead atoms. The maximum atomic E-state index is 12.2. The SMILES string of the molecule is Cc1nc2ccc(NC(=O)c3ccc(CBr)cc3)cc2s1. The molecule has 0 aliphatic heterocycles. The molecule has 0 saturated carbocycles. The van der Waals surface area contributed by atoms with Crippen molar-refractivity contribution in [1.29, 1.82) is 0 Å². The van der Waals surface area contributed by atoms with Gasteiger partial charge in [0.1, 0.15) is 0 Å². The lowest BCUT2D eigenvalue weighted by atomic mass is 10.1. The second kappa shape index (κ2) is 5.95. The van der Waals surface area contributed by atoms with Crippen molar-refractivity contribution in [3.63, 3.8) is 0 Å². The lowest BCUT2D eigenvalue weighted by Crippen LogP contribution is -2.11. The predicted octanol–water partition coefficient (Wildman–Crippen LogP) is 4.75. The van der Waals surface area contributed by atoms with E-state index in [0.29, 0.717) is 5.56 Å². The van der Waals surface area contributed by atoms with Crippen molar-refractivity contribution < 1.29 is 4.79 Å². The van der Waals surface area contributed by atoms with Gasteiger partial charge in [-0.3, -0.25) is 4.79 Å². The molecule has 2 aromatic carbocycles. The fourth-order valence-corrected chi connectivity index (χ4v) is 3.31. The lowest BCUT2D eigenvalue weighted by molar-refractivity contribution is 0.102. The lowest BCUT2D eigenvalue weighted by Gasteiger charge is -2.05. The maximum absolute atomic E-state index is 12.2. The first-order chi connectivity index (χ1) is 10.2. The summed E-state index contributed by atoms with van der Waals surface area (Å²) in [5.74, 6) is -0.100. The first-order valence-corrected chi connectivity index (χ1v) is 8.43. The van der Waals surface area contributed by atoms with Gasteiger partial charge in [0.05, 0.1) is 15.2 Å². The van der Waals surface area contributed by atoms with Crippen LogP contribution in [-0.4, -0.2) is 10.9 Å². The fraction of sp³-hybridized carbons (Fsp3) is 0.125. The molecule has 0 unspecified atom stereocenters. The molecule has 1 aromatic heterocycles. The van der Waals surface area contributed by atoms with Crippen molar-refractivity contribution in [1.82, 2.24) is 4.98 Å². The smallest absolute Gasteiger partial charge is 0.255 e. The van der Waals surface area contributed by atoms with E-state index in [1.807, 2.05) is 49.4 Å². The van der Waals surface area contributed by atoms with Gasteiger partial charge in [-0.05, 0) is 42.8 Å². The molecular formula is C16H13BrN2OS. The maximum Gasteiger partial charge on any atom is 0.255 e. The zero-order chi connectivity index (χ0) is 14.8. The number of thiazole rings is 1. The molecule has 0 saturated heterocycles. The molecule has 3 nitrogen and oxygen atoms in total. The third-order valence-electron chi connectivity index (χ3n) is 3.12. The number of benzene rings is 2. The number of rotatable bonds is 3. The van der Waals surface area contributed by atoms with Crippen LogP contribution in [0.4, 0.5) is 5.69 Å². The quantitative estimate of drug-likeness (QED) is 0.684. The van der Waals surface area contributed by atoms with Crippen LogP contribution in [0.5, 0.6) is 0 Å². The number of aryl methyl sites for hydroxylation is 1. The number of carbonyl (C=O) groups is 1. The predicted molar refractivity (Wildman–Crippen MR) is 91.4 cm³/mol. The van der Waals surface area contributed by atoms with E-state index in [-0.39, 0.29) is 5.91 Å². The molecule has 0 radical (unpaired) electrons. The van der Waals surface area contributed by atoms with E-state index in [1.54, 1.807) is 11.3 Å². The summed E-state index contributed by atoms with van der Waals surface area (Å²) in [4.78, 5) is 16.6. The van der Waals surface area contributed by atoms with Crippen molar-refractivity contribution in [3.8, 4) is 0 Å². The van der Waals surface area contributed by atoms with Crippen molar-refractivity contribution in [2.24, 2.45) is 0 Å². The van der Waals surface area contributed by atoms with E-state index in [9.17, 15) is 4.79 Å². The average molecular weight is 361 g/mol. The highest BCUT2D eigenvalue weighted by Crippen LogP contribution is 2.25. The summed E-state index contributed by atoms with van der Waals surface area (Å²) in [6, 6.07) is 13.3. The fourth-order valence-electron chi connectivity index (χ4n) is 2.07. The van der Waals surface area contributed by atoms with Gasteiger partial charge in [-0.1, -0.05) is 28.1 Å². The van der Waals surface area contributed by atoms with Gasteiger partial charge in [0.2, 0.25) is 0 Å². The molecule has 0 atom stereocenters. The Labute approximate surface area is 135 Å². The van der Waals surface area contributed by atoms with Gasteiger partial charge in [0.25, 0.3) is 5.91 Å². The van der Waals surface area contributed by atoms with Crippen LogP contribution >= 0.6 is 27.3 Å². The van der Waals surface area contributed by atoms with Crippen molar-refractivity contribution in [2.45, 2.75) is 12.3 Å². The first-order valence-electron chi connectivity index (χ1n) is 6.49. The summed E-state index contributed by atoms with van der Waals surface area (Å²) in [6.45, 7) is 1.98. The highest BCUT2D eigenvalue weighted by Gasteiger charge is 2.07. The second-order valence-corrected chi connectivity index (χ2v) is 6.50. The summed E-state index contributed by atoms with van der Waals surface area (Å²) in [7, 11) is 0. The standard InChI is InChI=1S/C16H13BrN2OS/c1-10-18-14-7-6-13(8-15(14)21-10)19-16(20)12-4-2-11(9-17)3-5-12/h2-8H,9H2,1H3,(H,19,20). The van der Waals surface area contributed by atoms with E-state index >= 15 is 0 Å². The number of nitrogens with zero attached hydrogens (tertiary/aromatic N) is 1. The van der Waals surface area contributed by atoms with Gasteiger partial charge < -0.3 is 5.32 Å². The third kappa shape index (κ3) is 3.14. The molecule has 5 heteroatoms. The Morgan fingerprint density at radius 1 is 1.24 bits per heavy atom. The average Bonchev–Trinajstić information content (AvgIpc) is 2.86. The molecule has 0 aliphatic carbocycles. The Morgan fingerprint density at radius 2 is 2.00 bits per heavy atom. The zero-order valence-electron chi connectivity index (χ0n) is 11.4. The Morgan fingerprint density at radius 3 is 2.71 bits per heavy atom. The summed E-state index contributed by atoms with van der Waals surface area (Å²) >= 11 is 5.02. The summed E-state index contributed by atoms with van der Waals surface area (Å²) in [5.41, 5.74) is 3.56. The largest absolute Gasteiger partial charge is 0.322 e. The van der Waals surface area contributed by atoms with Crippen LogP contribution in [0.1, 0.15) is 20.9 Å². The number of halogens is 1. The number of amides is 1. The van der Waals surface area contributed by atoms with Gasteiger partial charge in [-0.2, -0.15) is 0 Å². The van der Waals surface area contributed by atoms with Gasteiger partial charge in [0, 0.05) is 16.6 Å². The number of alkyl halides is 1. The van der Waals surface area contributed by atoms with Gasteiger partial charge in [-0.25, -0.2) is 4.98 Å². The number of aromatic nitrogens is 1. The van der Waals surface area contributed by atoms with E-state index < -0.39 is 0 Å². The molecule has 0 spiro atoms. The van der Waals surface area contributed by atoms with Crippen molar-refractivity contribution >= 4 is 49.1 Å². The molecule has 21 heavy (non-hydrogen) atoms. The van der Waals surface area contributed by atoms with Gasteiger partial charge >= 0.3 is 0 Å². The summed E-state index contributed by atoms with van der Waals surface area (Å²) < 4.78 is 1.08. The molecule has 0 aliphatic rings. The number of hydrogen-bond donors (Lipinski definition) is 1. The minimum atomic E-state index is -0.100.